The number of ether oxygens (including phenoxy) is 2. The fourth-order valence-corrected chi connectivity index (χ4v) is 3.58. The number of esters is 2. The van der Waals surface area contributed by atoms with E-state index >= 15 is 0 Å². The third-order valence-corrected chi connectivity index (χ3v) is 9.19. The quantitative estimate of drug-likeness (QED) is 0.258. The summed E-state index contributed by atoms with van der Waals surface area (Å²) in [6, 6.07) is 0. The van der Waals surface area contributed by atoms with Crippen LogP contribution in [-0.2, 0) is 23.5 Å². The molecule has 0 atom stereocenters. The van der Waals surface area contributed by atoms with Gasteiger partial charge in [-0.1, -0.05) is 32.9 Å². The van der Waals surface area contributed by atoms with Crippen molar-refractivity contribution in [1.82, 2.24) is 0 Å². The topological polar surface area (TPSA) is 61.8 Å². The number of rotatable bonds is 12. The Labute approximate surface area is 166 Å². The van der Waals surface area contributed by atoms with Gasteiger partial charge in [-0.25, -0.2) is 9.59 Å². The van der Waals surface area contributed by atoms with Gasteiger partial charge in [0.2, 0.25) is 0 Å². The molecule has 0 aromatic rings. The Morgan fingerprint density at radius 3 is 1.63 bits per heavy atom. The molecule has 0 bridgehead atoms. The summed E-state index contributed by atoms with van der Waals surface area (Å²) < 4.78 is 16.3. The van der Waals surface area contributed by atoms with E-state index in [1.165, 1.54) is 12.2 Å². The highest BCUT2D eigenvalue weighted by Crippen LogP contribution is 2.38. The summed E-state index contributed by atoms with van der Waals surface area (Å²) >= 11 is 0. The zero-order valence-corrected chi connectivity index (χ0v) is 19.2. The fraction of sp³-hybridized carbons (Fsp3) is 0.714. The average molecular weight is 399 g/mol. The Morgan fingerprint density at radius 2 is 1.30 bits per heavy atom. The summed E-state index contributed by atoms with van der Waals surface area (Å²) in [5, 5.41) is 0.132. The first-order chi connectivity index (χ1) is 12.5. The van der Waals surface area contributed by atoms with E-state index in [1.54, 1.807) is 13.8 Å². The molecule has 27 heavy (non-hydrogen) atoms. The second-order valence-electron chi connectivity index (χ2n) is 7.96. The van der Waals surface area contributed by atoms with E-state index in [-0.39, 0.29) is 23.1 Å². The van der Waals surface area contributed by atoms with E-state index in [2.05, 4.69) is 33.9 Å². The molecule has 0 aliphatic carbocycles. The van der Waals surface area contributed by atoms with E-state index in [1.807, 2.05) is 12.2 Å². The molecule has 0 spiro atoms. The number of carbonyl (C=O) groups is 2. The molecule has 6 heteroatoms. The van der Waals surface area contributed by atoms with Crippen molar-refractivity contribution in [3.05, 3.63) is 24.3 Å². The molecule has 0 fully saturated rings. The molecular weight excluding hydrogens is 360 g/mol. The zero-order chi connectivity index (χ0) is 20.9. The van der Waals surface area contributed by atoms with Crippen molar-refractivity contribution in [2.45, 2.75) is 84.5 Å². The summed E-state index contributed by atoms with van der Waals surface area (Å²) in [5.74, 6) is -0.617. The van der Waals surface area contributed by atoms with Gasteiger partial charge in [-0.05, 0) is 57.7 Å². The fourth-order valence-electron chi connectivity index (χ4n) is 2.16. The summed E-state index contributed by atoms with van der Waals surface area (Å²) in [5.41, 5.74) is 0. The molecule has 0 aromatic heterocycles. The second-order valence-corrected chi connectivity index (χ2v) is 12.7. The molecule has 0 heterocycles. The van der Waals surface area contributed by atoms with Gasteiger partial charge in [0.1, 0.15) is 0 Å². The molecular formula is C21H38O5Si. The van der Waals surface area contributed by atoms with Crippen LogP contribution in [0.2, 0.25) is 18.1 Å². The first-order valence-corrected chi connectivity index (χ1v) is 12.8. The summed E-state index contributed by atoms with van der Waals surface area (Å²) in [7, 11) is -1.89. The van der Waals surface area contributed by atoms with Gasteiger partial charge in [-0.3, -0.25) is 0 Å². The van der Waals surface area contributed by atoms with E-state index in [0.29, 0.717) is 13.2 Å². The third-order valence-electron chi connectivity index (χ3n) is 4.66. The first-order valence-electron chi connectivity index (χ1n) is 9.87. The minimum atomic E-state index is -1.89. The number of allylic oxidation sites excluding steroid dienone is 2. The Bertz CT molecular complexity index is 471. The molecule has 0 aliphatic heterocycles. The van der Waals surface area contributed by atoms with Gasteiger partial charge in [0.05, 0.1) is 13.2 Å². The van der Waals surface area contributed by atoms with Crippen LogP contribution in [-0.4, -0.2) is 39.6 Å². The van der Waals surface area contributed by atoms with Crippen molar-refractivity contribution >= 4 is 20.3 Å². The maximum absolute atomic E-state index is 11.4. The summed E-state index contributed by atoms with van der Waals surface area (Å²) in [6.07, 6.45) is 9.89. The van der Waals surface area contributed by atoms with Crippen molar-refractivity contribution in [1.29, 1.82) is 0 Å². The van der Waals surface area contributed by atoms with Crippen LogP contribution in [0.3, 0.4) is 0 Å². The lowest BCUT2D eigenvalue weighted by Crippen LogP contribution is -2.43. The van der Waals surface area contributed by atoms with Gasteiger partial charge in [-0.15, -0.1) is 0 Å². The largest absolute Gasteiger partial charge is 0.463 e. The van der Waals surface area contributed by atoms with E-state index in [0.717, 1.165) is 25.7 Å². The maximum atomic E-state index is 11.4. The van der Waals surface area contributed by atoms with Gasteiger partial charge in [-0.2, -0.15) is 0 Å². The molecule has 0 unspecified atom stereocenters. The highest BCUT2D eigenvalue weighted by Gasteiger charge is 2.38. The molecule has 0 rings (SSSR count). The smallest absolute Gasteiger partial charge is 0.330 e. The number of hydrogen-bond donors (Lipinski definition) is 0. The monoisotopic (exact) mass is 398 g/mol. The van der Waals surface area contributed by atoms with Crippen LogP contribution < -0.4 is 0 Å². The highest BCUT2D eigenvalue weighted by molar-refractivity contribution is 6.74. The lowest BCUT2D eigenvalue weighted by Gasteiger charge is -2.39. The molecule has 0 saturated heterocycles. The molecule has 5 nitrogen and oxygen atoms in total. The zero-order valence-electron chi connectivity index (χ0n) is 18.2. The van der Waals surface area contributed by atoms with E-state index in [4.69, 9.17) is 13.9 Å². The number of hydrogen-bond acceptors (Lipinski definition) is 5. The normalized spacial score (nSPS) is 12.9. The predicted octanol–water partition coefficient (Wildman–Crippen LogP) is 5.18. The van der Waals surface area contributed by atoms with Crippen LogP contribution in [0.4, 0.5) is 0 Å². The van der Waals surface area contributed by atoms with Crippen LogP contribution in [0, 0.1) is 0 Å². The SMILES string of the molecule is CCOC(=O)/C=C\CCC(CC/C=C\C(=O)OCC)O[Si](C)(C)C(C)(C)C. The van der Waals surface area contributed by atoms with Crippen LogP contribution in [0.1, 0.15) is 60.3 Å². The average Bonchev–Trinajstić information content (AvgIpc) is 2.54. The second kappa shape index (κ2) is 12.9. The first kappa shape index (κ1) is 25.6. The summed E-state index contributed by atoms with van der Waals surface area (Å²) in [4.78, 5) is 22.8. The molecule has 0 radical (unpaired) electrons. The number of carbonyl (C=O) groups excluding carboxylic acids is 2. The molecule has 0 amide bonds. The minimum absolute atomic E-state index is 0.0876. The Kier molecular flexibility index (Phi) is 12.2. The predicted molar refractivity (Wildman–Crippen MR) is 112 cm³/mol. The standard InChI is InChI=1S/C21H38O5Si/c1-8-24-19(22)16-12-10-14-18(26-27(6,7)21(3,4)5)15-11-13-17-20(23)25-9-2/h12-13,16-18H,8-11,14-15H2,1-7H3/b16-12-,17-13-. The maximum Gasteiger partial charge on any atom is 0.330 e. The lowest BCUT2D eigenvalue weighted by molar-refractivity contribution is -0.138. The molecule has 156 valence electrons. The molecule has 0 saturated carbocycles. The van der Waals surface area contributed by atoms with Gasteiger partial charge in [0.25, 0.3) is 0 Å². The van der Waals surface area contributed by atoms with Crippen LogP contribution in [0.15, 0.2) is 24.3 Å². The van der Waals surface area contributed by atoms with Crippen LogP contribution in [0.25, 0.3) is 0 Å². The van der Waals surface area contributed by atoms with Crippen molar-refractivity contribution in [3.63, 3.8) is 0 Å². The van der Waals surface area contributed by atoms with Crippen molar-refractivity contribution in [2.24, 2.45) is 0 Å². The van der Waals surface area contributed by atoms with Crippen molar-refractivity contribution in [2.75, 3.05) is 13.2 Å². The van der Waals surface area contributed by atoms with Crippen molar-refractivity contribution < 1.29 is 23.5 Å². The molecule has 0 aliphatic rings. The third kappa shape index (κ3) is 11.8. The van der Waals surface area contributed by atoms with Crippen molar-refractivity contribution in [3.8, 4) is 0 Å². The van der Waals surface area contributed by atoms with E-state index < -0.39 is 8.32 Å². The Balaban J connectivity index is 4.75. The van der Waals surface area contributed by atoms with Gasteiger partial charge >= 0.3 is 11.9 Å². The lowest BCUT2D eigenvalue weighted by atomic mass is 10.1. The molecule has 0 aromatic carbocycles. The Morgan fingerprint density at radius 1 is 0.889 bits per heavy atom. The van der Waals surface area contributed by atoms with Gasteiger partial charge in [0.15, 0.2) is 8.32 Å². The Hall–Kier alpha value is -1.40. The van der Waals surface area contributed by atoms with E-state index in [9.17, 15) is 9.59 Å². The minimum Gasteiger partial charge on any atom is -0.463 e. The van der Waals surface area contributed by atoms with Gasteiger partial charge in [0, 0.05) is 18.3 Å². The van der Waals surface area contributed by atoms with Crippen LogP contribution in [0.5, 0.6) is 0 Å². The van der Waals surface area contributed by atoms with Gasteiger partial charge < -0.3 is 13.9 Å². The highest BCUT2D eigenvalue weighted by atomic mass is 28.4. The van der Waals surface area contributed by atoms with Crippen LogP contribution >= 0.6 is 0 Å². The molecule has 0 N–H and O–H groups in total. The summed E-state index contributed by atoms with van der Waals surface area (Å²) in [6.45, 7) is 15.5.